The summed E-state index contributed by atoms with van der Waals surface area (Å²) in [5.41, 5.74) is 1.17. The van der Waals surface area contributed by atoms with Gasteiger partial charge in [0.1, 0.15) is 23.9 Å². The first-order chi connectivity index (χ1) is 13.9. The van der Waals surface area contributed by atoms with Gasteiger partial charge >= 0.3 is 0 Å². The Morgan fingerprint density at radius 2 is 2.00 bits per heavy atom. The van der Waals surface area contributed by atoms with Crippen LogP contribution >= 0.6 is 0 Å². The van der Waals surface area contributed by atoms with E-state index in [1.165, 1.54) is 5.56 Å². The largest absolute Gasteiger partial charge is 0.492 e. The molecule has 0 aliphatic carbocycles. The van der Waals surface area contributed by atoms with Crippen molar-refractivity contribution in [2.45, 2.75) is 32.9 Å². The molecule has 1 aliphatic rings. The third kappa shape index (κ3) is 5.84. The van der Waals surface area contributed by atoms with Crippen molar-refractivity contribution >= 4 is 11.8 Å². The molecule has 29 heavy (non-hydrogen) atoms. The zero-order valence-electron chi connectivity index (χ0n) is 17.3. The van der Waals surface area contributed by atoms with E-state index in [1.807, 2.05) is 55.1 Å². The van der Waals surface area contributed by atoms with Crippen molar-refractivity contribution in [3.8, 4) is 5.75 Å². The second-order valence-corrected chi connectivity index (χ2v) is 7.47. The minimum Gasteiger partial charge on any atom is -0.492 e. The highest BCUT2D eigenvalue weighted by molar-refractivity contribution is 5.88. The predicted molar refractivity (Wildman–Crippen MR) is 110 cm³/mol. The molecule has 2 heterocycles. The Bertz CT molecular complexity index is 831. The van der Waals surface area contributed by atoms with Crippen LogP contribution in [0.4, 0.5) is 0 Å². The minimum atomic E-state index is -0.498. The number of ether oxygens (including phenoxy) is 1. The summed E-state index contributed by atoms with van der Waals surface area (Å²) in [4.78, 5) is 28.7. The normalized spacial score (nSPS) is 17.1. The number of carbonyl (C=O) groups excluding carboxylic acids is 2. The summed E-state index contributed by atoms with van der Waals surface area (Å²) in [5, 5.41) is 2.86. The van der Waals surface area contributed by atoms with Crippen LogP contribution in [0, 0.1) is 13.8 Å². The molecule has 1 aromatic heterocycles. The van der Waals surface area contributed by atoms with Crippen molar-refractivity contribution in [3.63, 3.8) is 0 Å². The van der Waals surface area contributed by atoms with E-state index in [-0.39, 0.29) is 18.2 Å². The van der Waals surface area contributed by atoms with Gasteiger partial charge in [0.15, 0.2) is 0 Å². The van der Waals surface area contributed by atoms with E-state index in [1.54, 1.807) is 11.9 Å². The quantitative estimate of drug-likeness (QED) is 0.736. The van der Waals surface area contributed by atoms with Crippen molar-refractivity contribution < 1.29 is 18.7 Å². The van der Waals surface area contributed by atoms with Crippen LogP contribution in [-0.4, -0.2) is 60.9 Å². The highest BCUT2D eigenvalue weighted by Gasteiger charge is 2.32. The molecule has 0 spiro atoms. The zero-order valence-corrected chi connectivity index (χ0v) is 17.3. The lowest BCUT2D eigenvalue weighted by Gasteiger charge is -2.34. The van der Waals surface area contributed by atoms with E-state index in [0.29, 0.717) is 32.8 Å². The maximum absolute atomic E-state index is 12.7. The van der Waals surface area contributed by atoms with E-state index in [4.69, 9.17) is 9.15 Å². The Hall–Kier alpha value is -2.80. The SMILES string of the molecule is Cc1ccc(OCCN(C)C(=O)C[C@@H]2C(=O)NCCN2Cc2ccc(C)o2)cc1. The Kier molecular flexibility index (Phi) is 6.93. The first kappa shape index (κ1) is 20.9. The topological polar surface area (TPSA) is 75.0 Å². The minimum absolute atomic E-state index is 0.0832. The van der Waals surface area contributed by atoms with Crippen molar-refractivity contribution in [1.82, 2.24) is 15.1 Å². The van der Waals surface area contributed by atoms with Gasteiger partial charge in [0.05, 0.1) is 25.6 Å². The molecular formula is C22H29N3O4. The average Bonchev–Trinajstić information content (AvgIpc) is 3.10. The summed E-state index contributed by atoms with van der Waals surface area (Å²) in [7, 11) is 1.74. The fraction of sp³-hybridized carbons (Fsp3) is 0.455. The van der Waals surface area contributed by atoms with Gasteiger partial charge in [-0.1, -0.05) is 17.7 Å². The van der Waals surface area contributed by atoms with Gasteiger partial charge in [-0.2, -0.15) is 0 Å². The van der Waals surface area contributed by atoms with Gasteiger partial charge in [-0.05, 0) is 38.1 Å². The van der Waals surface area contributed by atoms with Gasteiger partial charge in [0.25, 0.3) is 0 Å². The van der Waals surface area contributed by atoms with E-state index >= 15 is 0 Å². The van der Waals surface area contributed by atoms with Crippen molar-refractivity contribution in [1.29, 1.82) is 0 Å². The maximum Gasteiger partial charge on any atom is 0.237 e. The molecule has 2 amide bonds. The van der Waals surface area contributed by atoms with E-state index in [2.05, 4.69) is 5.32 Å². The lowest BCUT2D eigenvalue weighted by molar-refractivity contribution is -0.138. The number of hydrogen-bond acceptors (Lipinski definition) is 5. The number of nitrogens with one attached hydrogen (secondary N) is 1. The second-order valence-electron chi connectivity index (χ2n) is 7.47. The third-order valence-corrected chi connectivity index (χ3v) is 5.11. The van der Waals surface area contributed by atoms with Crippen molar-refractivity contribution in [2.24, 2.45) is 0 Å². The van der Waals surface area contributed by atoms with Crippen LogP contribution in [0.15, 0.2) is 40.8 Å². The van der Waals surface area contributed by atoms with Gasteiger partial charge < -0.3 is 19.4 Å². The fourth-order valence-corrected chi connectivity index (χ4v) is 3.32. The van der Waals surface area contributed by atoms with Crippen molar-refractivity contribution in [2.75, 3.05) is 33.3 Å². The molecular weight excluding hydrogens is 370 g/mol. The molecule has 1 atom stereocenters. The van der Waals surface area contributed by atoms with Gasteiger partial charge in [-0.3, -0.25) is 14.5 Å². The highest BCUT2D eigenvalue weighted by atomic mass is 16.5. The summed E-state index contributed by atoms with van der Waals surface area (Å²) in [6, 6.07) is 11.1. The fourth-order valence-electron chi connectivity index (χ4n) is 3.32. The molecule has 1 aromatic carbocycles. The summed E-state index contributed by atoms with van der Waals surface area (Å²) in [6.07, 6.45) is 0.132. The molecule has 3 rings (SSSR count). The summed E-state index contributed by atoms with van der Waals surface area (Å²) >= 11 is 0. The number of hydrogen-bond donors (Lipinski definition) is 1. The summed E-state index contributed by atoms with van der Waals surface area (Å²) in [5.74, 6) is 2.22. The lowest BCUT2D eigenvalue weighted by atomic mass is 10.1. The molecule has 1 N–H and O–H groups in total. The molecule has 7 heteroatoms. The molecule has 1 fully saturated rings. The number of aryl methyl sites for hydroxylation is 2. The summed E-state index contributed by atoms with van der Waals surface area (Å²) < 4.78 is 11.3. The van der Waals surface area contributed by atoms with Gasteiger partial charge in [-0.25, -0.2) is 0 Å². The van der Waals surface area contributed by atoms with Crippen LogP contribution in [-0.2, 0) is 16.1 Å². The Balaban J connectivity index is 1.51. The lowest BCUT2D eigenvalue weighted by Crippen LogP contribution is -2.56. The molecule has 156 valence electrons. The van der Waals surface area contributed by atoms with Crippen LogP contribution in [0.3, 0.4) is 0 Å². The van der Waals surface area contributed by atoms with E-state index in [9.17, 15) is 9.59 Å². The Labute approximate surface area is 171 Å². The smallest absolute Gasteiger partial charge is 0.237 e. The monoisotopic (exact) mass is 399 g/mol. The van der Waals surface area contributed by atoms with Gasteiger partial charge in [-0.15, -0.1) is 0 Å². The van der Waals surface area contributed by atoms with Crippen LogP contribution in [0.2, 0.25) is 0 Å². The van der Waals surface area contributed by atoms with Gasteiger partial charge in [0.2, 0.25) is 11.8 Å². The number of amides is 2. The van der Waals surface area contributed by atoms with Crippen molar-refractivity contribution in [3.05, 3.63) is 53.5 Å². The molecule has 1 aliphatic heterocycles. The summed E-state index contributed by atoms with van der Waals surface area (Å²) in [6.45, 7) is 6.54. The maximum atomic E-state index is 12.7. The third-order valence-electron chi connectivity index (χ3n) is 5.11. The van der Waals surface area contributed by atoms with Crippen LogP contribution in [0.5, 0.6) is 5.75 Å². The number of likely N-dealkylation sites (N-methyl/N-ethyl adjacent to an activating group) is 1. The average molecular weight is 399 g/mol. The number of rotatable bonds is 8. The highest BCUT2D eigenvalue weighted by Crippen LogP contribution is 2.17. The molecule has 0 unspecified atom stereocenters. The Morgan fingerprint density at radius 3 is 2.69 bits per heavy atom. The first-order valence-corrected chi connectivity index (χ1v) is 9.93. The number of furan rings is 1. The van der Waals surface area contributed by atoms with Gasteiger partial charge in [0, 0.05) is 20.1 Å². The van der Waals surface area contributed by atoms with Crippen LogP contribution in [0.1, 0.15) is 23.5 Å². The molecule has 0 saturated carbocycles. The predicted octanol–water partition coefficient (Wildman–Crippen LogP) is 2.12. The molecule has 0 bridgehead atoms. The number of carbonyl (C=O) groups is 2. The Morgan fingerprint density at radius 1 is 1.24 bits per heavy atom. The van der Waals surface area contributed by atoms with E-state index < -0.39 is 6.04 Å². The second kappa shape index (κ2) is 9.60. The molecule has 0 radical (unpaired) electrons. The number of piperazine rings is 1. The first-order valence-electron chi connectivity index (χ1n) is 9.93. The van der Waals surface area contributed by atoms with E-state index in [0.717, 1.165) is 17.3 Å². The number of benzene rings is 1. The van der Waals surface area contributed by atoms with Crippen LogP contribution in [0.25, 0.3) is 0 Å². The molecule has 7 nitrogen and oxygen atoms in total. The zero-order chi connectivity index (χ0) is 20.8. The molecule has 2 aromatic rings. The van der Waals surface area contributed by atoms with Crippen LogP contribution < -0.4 is 10.1 Å². The number of nitrogens with zero attached hydrogens (tertiary/aromatic N) is 2. The standard InChI is InChI=1S/C22H29N3O4/c1-16-4-7-18(8-5-16)28-13-12-24(3)21(26)14-20-22(27)23-10-11-25(20)15-19-9-6-17(2)29-19/h4-9,20H,10-15H2,1-3H3,(H,23,27)/t20-/m1/s1. The molecule has 1 saturated heterocycles.